The van der Waals surface area contributed by atoms with E-state index in [-0.39, 0.29) is 12.0 Å². The van der Waals surface area contributed by atoms with Gasteiger partial charge in [0, 0.05) is 12.5 Å². The molecule has 1 atom stereocenters. The number of rotatable bonds is 5. The molecule has 0 saturated heterocycles. The maximum Gasteiger partial charge on any atom is 0.305 e. The normalized spacial score (nSPS) is 12.6. The fraction of sp³-hybridized carbons (Fsp3) is 0.875. The molecule has 0 saturated carbocycles. The minimum Gasteiger partial charge on any atom is -0.466 e. The molecule has 0 spiro atoms. The predicted molar refractivity (Wildman–Crippen MR) is 43.0 cm³/mol. The minimum atomic E-state index is -0.145. The molecule has 1 unspecified atom stereocenters. The third-order valence-electron chi connectivity index (χ3n) is 1.32. The van der Waals surface area contributed by atoms with E-state index in [2.05, 4.69) is 0 Å². The zero-order chi connectivity index (χ0) is 8.69. The number of carbonyl (C=O) groups is 1. The van der Waals surface area contributed by atoms with E-state index in [1.807, 2.05) is 6.92 Å². The van der Waals surface area contributed by atoms with Crippen molar-refractivity contribution in [2.75, 3.05) is 6.61 Å². The summed E-state index contributed by atoms with van der Waals surface area (Å²) in [5, 5.41) is 0. The molecule has 0 rings (SSSR count). The molecule has 0 aliphatic rings. The van der Waals surface area contributed by atoms with Gasteiger partial charge in [0.1, 0.15) is 0 Å². The fourth-order valence-corrected chi connectivity index (χ4v) is 0.786. The number of nitrogens with one attached hydrogen (secondary N) is 1. The molecule has 0 amide bonds. The van der Waals surface area contributed by atoms with Crippen molar-refractivity contribution in [3.05, 3.63) is 0 Å². The molecule has 1 radical (unpaired) electrons. The van der Waals surface area contributed by atoms with Crippen LogP contribution >= 0.6 is 0 Å². The van der Waals surface area contributed by atoms with Gasteiger partial charge < -0.3 is 4.74 Å². The maximum absolute atomic E-state index is 10.7. The van der Waals surface area contributed by atoms with Crippen LogP contribution in [0, 0.1) is 0 Å². The van der Waals surface area contributed by atoms with Crippen molar-refractivity contribution >= 4 is 5.97 Å². The summed E-state index contributed by atoms with van der Waals surface area (Å²) in [7, 11) is 0. The van der Waals surface area contributed by atoms with Gasteiger partial charge in [0.05, 0.1) is 6.61 Å². The lowest BCUT2D eigenvalue weighted by atomic mass is 10.1. The highest BCUT2D eigenvalue weighted by Crippen LogP contribution is 2.00. The number of hydrogen-bond acceptors (Lipinski definition) is 2. The SMILES string of the molecule is CCOC(=O)CCCC(C)[NH]. The number of hydrogen-bond donors (Lipinski definition) is 0. The smallest absolute Gasteiger partial charge is 0.305 e. The van der Waals surface area contributed by atoms with Crippen LogP contribution in [0.4, 0.5) is 0 Å². The topological polar surface area (TPSA) is 50.1 Å². The van der Waals surface area contributed by atoms with E-state index >= 15 is 0 Å². The summed E-state index contributed by atoms with van der Waals surface area (Å²) < 4.78 is 4.72. The summed E-state index contributed by atoms with van der Waals surface area (Å²) in [5.74, 6) is -0.145. The summed E-state index contributed by atoms with van der Waals surface area (Å²) in [6, 6.07) is -0.0653. The second kappa shape index (κ2) is 6.16. The Balaban J connectivity index is 3.17. The molecule has 11 heavy (non-hydrogen) atoms. The van der Waals surface area contributed by atoms with Crippen molar-refractivity contribution < 1.29 is 9.53 Å². The first-order valence-corrected chi connectivity index (χ1v) is 4.03. The zero-order valence-corrected chi connectivity index (χ0v) is 7.22. The molecule has 0 fully saturated rings. The third-order valence-corrected chi connectivity index (χ3v) is 1.32. The van der Waals surface area contributed by atoms with E-state index in [0.29, 0.717) is 13.0 Å². The van der Waals surface area contributed by atoms with Gasteiger partial charge in [-0.1, -0.05) is 0 Å². The van der Waals surface area contributed by atoms with Crippen LogP contribution in [-0.4, -0.2) is 18.6 Å². The van der Waals surface area contributed by atoms with Gasteiger partial charge in [-0.2, -0.15) is 0 Å². The molecule has 1 N–H and O–H groups in total. The Morgan fingerprint density at radius 3 is 2.73 bits per heavy atom. The summed E-state index contributed by atoms with van der Waals surface area (Å²) >= 11 is 0. The molecule has 3 heteroatoms. The lowest BCUT2D eigenvalue weighted by molar-refractivity contribution is -0.143. The number of ether oxygens (including phenoxy) is 1. The quantitative estimate of drug-likeness (QED) is 0.568. The standard InChI is InChI=1S/C8H16NO2/c1-3-11-8(10)6-4-5-7(2)9/h7,9H,3-6H2,1-2H3. The molecule has 0 bridgehead atoms. The molecule has 0 aliphatic carbocycles. The Morgan fingerprint density at radius 2 is 2.27 bits per heavy atom. The van der Waals surface area contributed by atoms with Crippen molar-refractivity contribution in [2.24, 2.45) is 0 Å². The minimum absolute atomic E-state index is 0.0653. The van der Waals surface area contributed by atoms with E-state index in [4.69, 9.17) is 10.5 Å². The van der Waals surface area contributed by atoms with Crippen LogP contribution in [0.5, 0.6) is 0 Å². The summed E-state index contributed by atoms with van der Waals surface area (Å²) in [6.45, 7) is 4.07. The van der Waals surface area contributed by atoms with Gasteiger partial charge in [-0.15, -0.1) is 0 Å². The predicted octanol–water partition coefficient (Wildman–Crippen LogP) is 1.39. The Morgan fingerprint density at radius 1 is 1.64 bits per heavy atom. The van der Waals surface area contributed by atoms with Gasteiger partial charge in [-0.25, -0.2) is 0 Å². The molecule has 0 aliphatic heterocycles. The van der Waals surface area contributed by atoms with Gasteiger partial charge in [0.2, 0.25) is 0 Å². The molecular weight excluding hydrogens is 142 g/mol. The van der Waals surface area contributed by atoms with E-state index in [0.717, 1.165) is 12.8 Å². The Kier molecular flexibility index (Phi) is 5.84. The summed E-state index contributed by atoms with van der Waals surface area (Å²) in [5.41, 5.74) is 7.17. The molecule has 0 aromatic carbocycles. The van der Waals surface area contributed by atoms with Gasteiger partial charge in [-0.05, 0) is 26.7 Å². The van der Waals surface area contributed by atoms with Gasteiger partial charge in [0.25, 0.3) is 0 Å². The van der Waals surface area contributed by atoms with Crippen LogP contribution in [0.3, 0.4) is 0 Å². The van der Waals surface area contributed by atoms with Gasteiger partial charge >= 0.3 is 5.97 Å². The fourth-order valence-electron chi connectivity index (χ4n) is 0.786. The second-order valence-corrected chi connectivity index (χ2v) is 2.60. The maximum atomic E-state index is 10.7. The molecule has 65 valence electrons. The highest BCUT2D eigenvalue weighted by Gasteiger charge is 2.01. The monoisotopic (exact) mass is 158 g/mol. The largest absolute Gasteiger partial charge is 0.466 e. The van der Waals surface area contributed by atoms with E-state index in [9.17, 15) is 4.79 Å². The highest BCUT2D eigenvalue weighted by atomic mass is 16.5. The van der Waals surface area contributed by atoms with Crippen molar-refractivity contribution in [1.82, 2.24) is 5.73 Å². The first-order chi connectivity index (χ1) is 5.16. The molecular formula is C8H16NO2. The first kappa shape index (κ1) is 10.4. The van der Waals surface area contributed by atoms with E-state index < -0.39 is 0 Å². The van der Waals surface area contributed by atoms with Crippen LogP contribution in [-0.2, 0) is 9.53 Å². The first-order valence-electron chi connectivity index (χ1n) is 4.03. The average molecular weight is 158 g/mol. The zero-order valence-electron chi connectivity index (χ0n) is 7.22. The van der Waals surface area contributed by atoms with Crippen LogP contribution in [0.1, 0.15) is 33.1 Å². The Labute approximate surface area is 67.9 Å². The summed E-state index contributed by atoms with van der Waals surface area (Å²) in [4.78, 5) is 10.7. The molecule has 3 nitrogen and oxygen atoms in total. The number of esters is 1. The van der Waals surface area contributed by atoms with Crippen LogP contribution in [0.2, 0.25) is 0 Å². The van der Waals surface area contributed by atoms with E-state index in [1.165, 1.54) is 0 Å². The third kappa shape index (κ3) is 7.33. The summed E-state index contributed by atoms with van der Waals surface area (Å²) in [6.07, 6.45) is 2.00. The Hall–Kier alpha value is -0.570. The van der Waals surface area contributed by atoms with Crippen molar-refractivity contribution in [3.63, 3.8) is 0 Å². The van der Waals surface area contributed by atoms with Gasteiger partial charge in [0.15, 0.2) is 0 Å². The second-order valence-electron chi connectivity index (χ2n) is 2.60. The highest BCUT2D eigenvalue weighted by molar-refractivity contribution is 5.69. The Bertz CT molecular complexity index is 113. The van der Waals surface area contributed by atoms with E-state index in [1.54, 1.807) is 6.92 Å². The van der Waals surface area contributed by atoms with Crippen LogP contribution in [0.15, 0.2) is 0 Å². The lowest BCUT2D eigenvalue weighted by Crippen LogP contribution is -2.07. The molecule has 0 heterocycles. The van der Waals surface area contributed by atoms with Gasteiger partial charge in [-0.3, -0.25) is 10.5 Å². The molecule has 0 aromatic rings. The molecule has 0 aromatic heterocycles. The lowest BCUT2D eigenvalue weighted by Gasteiger charge is -2.02. The van der Waals surface area contributed by atoms with Crippen LogP contribution in [0.25, 0.3) is 0 Å². The van der Waals surface area contributed by atoms with Crippen molar-refractivity contribution in [2.45, 2.75) is 39.2 Å². The average Bonchev–Trinajstić information content (AvgIpc) is 1.87. The van der Waals surface area contributed by atoms with Crippen molar-refractivity contribution in [1.29, 1.82) is 0 Å². The van der Waals surface area contributed by atoms with Crippen molar-refractivity contribution in [3.8, 4) is 0 Å². The number of carbonyl (C=O) groups excluding carboxylic acids is 1. The van der Waals surface area contributed by atoms with Crippen LogP contribution < -0.4 is 5.73 Å².